The van der Waals surface area contributed by atoms with Gasteiger partial charge in [-0.3, -0.25) is 4.79 Å². The van der Waals surface area contributed by atoms with Gasteiger partial charge < -0.3 is 15.8 Å². The Kier molecular flexibility index (Phi) is 6.22. The number of carbonyl (C=O) groups is 1. The average molecular weight is 250 g/mol. The molecule has 1 aromatic rings. The van der Waals surface area contributed by atoms with Crippen molar-refractivity contribution in [2.45, 2.75) is 32.7 Å². The molecule has 3 N–H and O–H groups in total. The van der Waals surface area contributed by atoms with Gasteiger partial charge in [0.25, 0.3) is 5.91 Å². The van der Waals surface area contributed by atoms with Gasteiger partial charge in [-0.2, -0.15) is 0 Å². The summed E-state index contributed by atoms with van der Waals surface area (Å²) in [7, 11) is 0. The third-order valence-electron chi connectivity index (χ3n) is 2.71. The molecule has 4 nitrogen and oxygen atoms in total. The first kappa shape index (κ1) is 14.5. The van der Waals surface area contributed by atoms with Gasteiger partial charge in [-0.25, -0.2) is 0 Å². The van der Waals surface area contributed by atoms with Crippen LogP contribution >= 0.6 is 0 Å². The van der Waals surface area contributed by atoms with Gasteiger partial charge in [0.1, 0.15) is 5.75 Å². The number of nitrogens with two attached hydrogens (primary N) is 1. The van der Waals surface area contributed by atoms with Gasteiger partial charge in [-0.05, 0) is 37.1 Å². The summed E-state index contributed by atoms with van der Waals surface area (Å²) in [6.45, 7) is 5.24. The zero-order valence-corrected chi connectivity index (χ0v) is 11.1. The Labute approximate surface area is 109 Å². The van der Waals surface area contributed by atoms with E-state index in [1.165, 1.54) is 5.56 Å². The van der Waals surface area contributed by atoms with Crippen molar-refractivity contribution in [2.75, 3.05) is 13.2 Å². The second-order valence-corrected chi connectivity index (χ2v) is 4.24. The lowest BCUT2D eigenvalue weighted by Crippen LogP contribution is -2.21. The van der Waals surface area contributed by atoms with E-state index in [0.717, 1.165) is 19.4 Å². The maximum Gasteiger partial charge on any atom is 0.255 e. The van der Waals surface area contributed by atoms with E-state index in [-0.39, 0.29) is 6.61 Å². The van der Waals surface area contributed by atoms with Crippen molar-refractivity contribution in [1.82, 2.24) is 5.32 Å². The van der Waals surface area contributed by atoms with E-state index in [4.69, 9.17) is 10.5 Å². The van der Waals surface area contributed by atoms with E-state index in [1.807, 2.05) is 24.3 Å². The molecule has 0 radical (unpaired) electrons. The third-order valence-corrected chi connectivity index (χ3v) is 2.71. The number of carbonyl (C=O) groups excluding carboxylic acids is 1. The highest BCUT2D eigenvalue weighted by molar-refractivity contribution is 5.75. The van der Waals surface area contributed by atoms with Crippen LogP contribution in [0.25, 0.3) is 0 Å². The molecular weight excluding hydrogens is 228 g/mol. The molecule has 1 rings (SSSR count). The largest absolute Gasteiger partial charge is 0.484 e. The summed E-state index contributed by atoms with van der Waals surface area (Å²) in [6.07, 6.45) is 2.16. The Morgan fingerprint density at radius 3 is 2.50 bits per heavy atom. The summed E-state index contributed by atoms with van der Waals surface area (Å²) in [5, 5.41) is 3.49. The maximum absolute atomic E-state index is 10.6. The number of rotatable bonds is 8. The minimum Gasteiger partial charge on any atom is -0.484 e. The molecule has 1 amide bonds. The number of ether oxygens (including phenoxy) is 1. The van der Waals surface area contributed by atoms with Crippen LogP contribution in [-0.4, -0.2) is 19.1 Å². The molecule has 0 aliphatic heterocycles. The maximum atomic E-state index is 10.6. The molecule has 4 heteroatoms. The normalized spacial score (nSPS) is 12.1. The lowest BCUT2D eigenvalue weighted by molar-refractivity contribution is -0.119. The van der Waals surface area contributed by atoms with Crippen molar-refractivity contribution >= 4 is 5.91 Å². The fraction of sp³-hybridized carbons (Fsp3) is 0.500. The van der Waals surface area contributed by atoms with E-state index in [2.05, 4.69) is 19.2 Å². The summed E-state index contributed by atoms with van der Waals surface area (Å²) < 4.78 is 5.22. The number of hydrogen-bond acceptors (Lipinski definition) is 3. The Hall–Kier alpha value is -1.55. The molecule has 100 valence electrons. The van der Waals surface area contributed by atoms with Crippen LogP contribution in [0, 0.1) is 0 Å². The Bertz CT molecular complexity index is 363. The van der Waals surface area contributed by atoms with Crippen molar-refractivity contribution in [1.29, 1.82) is 0 Å². The summed E-state index contributed by atoms with van der Waals surface area (Å²) in [4.78, 5) is 10.6. The number of nitrogens with one attached hydrogen (secondary N) is 1. The van der Waals surface area contributed by atoms with Crippen molar-refractivity contribution in [3.8, 4) is 5.75 Å². The van der Waals surface area contributed by atoms with E-state index in [0.29, 0.717) is 11.8 Å². The molecule has 0 bridgehead atoms. The van der Waals surface area contributed by atoms with Crippen molar-refractivity contribution < 1.29 is 9.53 Å². The van der Waals surface area contributed by atoms with Crippen LogP contribution in [0.4, 0.5) is 0 Å². The molecule has 0 aromatic heterocycles. The van der Waals surface area contributed by atoms with Crippen LogP contribution in [0.5, 0.6) is 5.75 Å². The minimum absolute atomic E-state index is 0.0787. The van der Waals surface area contributed by atoms with Gasteiger partial charge in [-0.15, -0.1) is 0 Å². The zero-order valence-electron chi connectivity index (χ0n) is 11.1. The Morgan fingerprint density at radius 2 is 2.00 bits per heavy atom. The predicted octanol–water partition coefficient (Wildman–Crippen LogP) is 2.00. The SMILES string of the molecule is CCCNC(CC)c1ccc(OCC(N)=O)cc1. The fourth-order valence-corrected chi connectivity index (χ4v) is 1.77. The zero-order chi connectivity index (χ0) is 13.4. The molecular formula is C14H22N2O2. The standard InChI is InChI=1S/C14H22N2O2/c1-3-9-16-13(4-2)11-5-7-12(8-6-11)18-10-14(15)17/h5-8,13,16H,3-4,9-10H2,1-2H3,(H2,15,17). The molecule has 0 spiro atoms. The van der Waals surface area contributed by atoms with Gasteiger partial charge in [0.05, 0.1) is 0 Å². The van der Waals surface area contributed by atoms with Crippen molar-refractivity contribution in [3.63, 3.8) is 0 Å². The second kappa shape index (κ2) is 7.71. The topological polar surface area (TPSA) is 64.3 Å². The fourth-order valence-electron chi connectivity index (χ4n) is 1.77. The lowest BCUT2D eigenvalue weighted by atomic mass is 10.0. The molecule has 0 saturated heterocycles. The average Bonchev–Trinajstić information content (AvgIpc) is 2.38. The van der Waals surface area contributed by atoms with Crippen LogP contribution in [0.3, 0.4) is 0 Å². The molecule has 1 unspecified atom stereocenters. The van der Waals surface area contributed by atoms with E-state index in [1.54, 1.807) is 0 Å². The van der Waals surface area contributed by atoms with E-state index >= 15 is 0 Å². The van der Waals surface area contributed by atoms with Crippen LogP contribution in [0.1, 0.15) is 38.3 Å². The number of amides is 1. The molecule has 18 heavy (non-hydrogen) atoms. The first-order valence-corrected chi connectivity index (χ1v) is 6.41. The van der Waals surface area contributed by atoms with Gasteiger partial charge in [0.2, 0.25) is 0 Å². The molecule has 0 fully saturated rings. The smallest absolute Gasteiger partial charge is 0.255 e. The second-order valence-electron chi connectivity index (χ2n) is 4.24. The number of primary amides is 1. The summed E-state index contributed by atoms with van der Waals surface area (Å²) in [5.74, 6) is 0.206. The third kappa shape index (κ3) is 4.75. The highest BCUT2D eigenvalue weighted by Crippen LogP contribution is 2.20. The summed E-state index contributed by atoms with van der Waals surface area (Å²) in [5.41, 5.74) is 6.25. The number of benzene rings is 1. The molecule has 0 aliphatic rings. The summed E-state index contributed by atoms with van der Waals surface area (Å²) >= 11 is 0. The molecule has 1 atom stereocenters. The van der Waals surface area contributed by atoms with Crippen LogP contribution < -0.4 is 15.8 Å². The first-order chi connectivity index (χ1) is 8.67. The van der Waals surface area contributed by atoms with Gasteiger partial charge in [-0.1, -0.05) is 26.0 Å². The van der Waals surface area contributed by atoms with Crippen molar-refractivity contribution in [3.05, 3.63) is 29.8 Å². The molecule has 0 heterocycles. The predicted molar refractivity (Wildman–Crippen MR) is 72.5 cm³/mol. The lowest BCUT2D eigenvalue weighted by Gasteiger charge is -2.17. The highest BCUT2D eigenvalue weighted by Gasteiger charge is 2.08. The summed E-state index contributed by atoms with van der Waals surface area (Å²) in [6, 6.07) is 8.15. The van der Waals surface area contributed by atoms with Gasteiger partial charge in [0.15, 0.2) is 6.61 Å². The van der Waals surface area contributed by atoms with Crippen molar-refractivity contribution in [2.24, 2.45) is 5.73 Å². The number of hydrogen-bond donors (Lipinski definition) is 2. The quantitative estimate of drug-likeness (QED) is 0.741. The van der Waals surface area contributed by atoms with Crippen LogP contribution in [-0.2, 0) is 4.79 Å². The monoisotopic (exact) mass is 250 g/mol. The van der Waals surface area contributed by atoms with Gasteiger partial charge >= 0.3 is 0 Å². The highest BCUT2D eigenvalue weighted by atomic mass is 16.5. The molecule has 0 aliphatic carbocycles. The minimum atomic E-state index is -0.463. The molecule has 1 aromatic carbocycles. The van der Waals surface area contributed by atoms with Crippen LogP contribution in [0.15, 0.2) is 24.3 Å². The van der Waals surface area contributed by atoms with E-state index in [9.17, 15) is 4.79 Å². The van der Waals surface area contributed by atoms with Crippen LogP contribution in [0.2, 0.25) is 0 Å². The molecule has 0 saturated carbocycles. The first-order valence-electron chi connectivity index (χ1n) is 6.41. The van der Waals surface area contributed by atoms with Gasteiger partial charge in [0, 0.05) is 6.04 Å². The Balaban J connectivity index is 2.59. The Morgan fingerprint density at radius 1 is 1.33 bits per heavy atom. The van der Waals surface area contributed by atoms with E-state index < -0.39 is 5.91 Å².